The quantitative estimate of drug-likeness (QED) is 0.147. The molecular weight excluding hydrogens is 598 g/mol. The summed E-state index contributed by atoms with van der Waals surface area (Å²) in [5.74, 6) is -2.63. The number of aliphatic hydroxyl groups is 1. The van der Waals surface area contributed by atoms with Gasteiger partial charge in [0.2, 0.25) is 17.7 Å². The number of hydrogen-bond acceptors (Lipinski definition) is 7. The van der Waals surface area contributed by atoms with Crippen molar-refractivity contribution < 1.29 is 33.8 Å². The normalized spacial score (nSPS) is 27.3. The number of benzene rings is 1. The molecule has 1 aliphatic carbocycles. The lowest BCUT2D eigenvalue weighted by atomic mass is 9.70. The lowest BCUT2D eigenvalue weighted by molar-refractivity contribution is -0.150. The van der Waals surface area contributed by atoms with Gasteiger partial charge in [-0.1, -0.05) is 61.7 Å². The molecule has 1 saturated carbocycles. The van der Waals surface area contributed by atoms with E-state index in [1.807, 2.05) is 35.2 Å². The molecule has 5 rings (SSSR count). The number of hydrogen-bond donors (Lipinski definition) is 2. The van der Waals surface area contributed by atoms with Gasteiger partial charge in [0.1, 0.15) is 18.2 Å². The summed E-state index contributed by atoms with van der Waals surface area (Å²) in [4.78, 5) is 59.3. The molecule has 3 aliphatic heterocycles. The number of carbonyl (C=O) groups excluding carboxylic acids is 4. The Labute approximate surface area is 278 Å². The average molecular weight is 650 g/mol. The largest absolute Gasteiger partial charge is 0.463 e. The van der Waals surface area contributed by atoms with Crippen LogP contribution in [-0.2, 0) is 28.7 Å². The van der Waals surface area contributed by atoms with Crippen molar-refractivity contribution in [2.24, 2.45) is 11.8 Å². The number of esters is 1. The van der Waals surface area contributed by atoms with Gasteiger partial charge in [-0.15, -0.1) is 13.2 Å². The van der Waals surface area contributed by atoms with Gasteiger partial charge in [0.25, 0.3) is 0 Å². The molecule has 2 bridgehead atoms. The van der Waals surface area contributed by atoms with Gasteiger partial charge in [-0.2, -0.15) is 0 Å². The van der Waals surface area contributed by atoms with Crippen molar-refractivity contribution in [1.29, 1.82) is 0 Å². The minimum atomic E-state index is -1.09. The minimum absolute atomic E-state index is 0.0519. The summed E-state index contributed by atoms with van der Waals surface area (Å²) in [5.41, 5.74) is -0.314. The number of nitrogens with one attached hydrogen (secondary N) is 1. The molecule has 10 nitrogen and oxygen atoms in total. The molecule has 3 heterocycles. The van der Waals surface area contributed by atoms with E-state index in [9.17, 15) is 24.3 Å². The number of rotatable bonds is 17. The van der Waals surface area contributed by atoms with E-state index in [1.54, 1.807) is 17.1 Å². The Hall–Kier alpha value is -3.50. The maximum absolute atomic E-state index is 14.7. The van der Waals surface area contributed by atoms with Crippen molar-refractivity contribution in [1.82, 2.24) is 15.1 Å². The van der Waals surface area contributed by atoms with Gasteiger partial charge in [-0.25, -0.2) is 0 Å². The first kappa shape index (κ1) is 34.8. The first-order valence-electron chi connectivity index (χ1n) is 17.5. The van der Waals surface area contributed by atoms with E-state index in [-0.39, 0.29) is 49.4 Å². The number of nitrogens with zero attached hydrogens (tertiary/aromatic N) is 2. The third kappa shape index (κ3) is 7.33. The molecule has 256 valence electrons. The second kappa shape index (κ2) is 16.1. The molecule has 0 radical (unpaired) electrons. The fourth-order valence-corrected chi connectivity index (χ4v) is 8.29. The molecule has 0 unspecified atom stereocenters. The molecule has 0 aromatic heterocycles. The van der Waals surface area contributed by atoms with Crippen LogP contribution in [0.15, 0.2) is 55.6 Å². The Bertz CT molecular complexity index is 1280. The summed E-state index contributed by atoms with van der Waals surface area (Å²) in [6.45, 7) is 8.35. The van der Waals surface area contributed by atoms with Crippen LogP contribution in [0.25, 0.3) is 0 Å². The van der Waals surface area contributed by atoms with E-state index in [0.717, 1.165) is 44.1 Å². The topological polar surface area (TPSA) is 125 Å². The van der Waals surface area contributed by atoms with E-state index in [1.165, 1.54) is 0 Å². The van der Waals surface area contributed by atoms with Crippen molar-refractivity contribution in [3.8, 4) is 0 Å². The lowest BCUT2D eigenvalue weighted by Gasteiger charge is -2.40. The molecule has 47 heavy (non-hydrogen) atoms. The van der Waals surface area contributed by atoms with Crippen LogP contribution in [0.5, 0.6) is 0 Å². The van der Waals surface area contributed by atoms with Crippen LogP contribution in [-0.4, -0.2) is 88.7 Å². The summed E-state index contributed by atoms with van der Waals surface area (Å²) in [5, 5.41) is 12.4. The fraction of sp³-hybridized carbons (Fsp3) is 0.622. The zero-order valence-corrected chi connectivity index (χ0v) is 27.5. The molecule has 2 N–H and O–H groups in total. The molecule has 6 atom stereocenters. The molecule has 4 aliphatic rings. The van der Waals surface area contributed by atoms with Crippen LogP contribution in [0.4, 0.5) is 0 Å². The predicted octanol–water partition coefficient (Wildman–Crippen LogP) is 4.24. The Morgan fingerprint density at radius 1 is 1.09 bits per heavy atom. The van der Waals surface area contributed by atoms with Crippen LogP contribution in [0, 0.1) is 11.8 Å². The monoisotopic (exact) mass is 649 g/mol. The maximum atomic E-state index is 14.7. The van der Waals surface area contributed by atoms with E-state index >= 15 is 0 Å². The van der Waals surface area contributed by atoms with Gasteiger partial charge in [0.05, 0.1) is 24.0 Å². The van der Waals surface area contributed by atoms with Crippen molar-refractivity contribution in [3.05, 3.63) is 61.2 Å². The predicted molar refractivity (Wildman–Crippen MR) is 177 cm³/mol. The molecule has 1 aromatic rings. The standard InChI is InChI=1S/C37H51N3O7/c1-3-5-19-30(42)46-25-28(26-15-9-6-10-16-26)38-34(43)31-29-20-21-37(47-29)32(31)35(44)40(23-13-8-14-24-41)33(37)36(45)39(22-4-2)27-17-11-7-12-18-27/h3-4,6,9-10,15-16,27-29,31-33,41H,1-2,5,7-8,11-14,17-25H2,(H,38,43)/t28-,29+,31-,32-,33+,37-/m1/s1. The number of carbonyl (C=O) groups is 4. The average Bonchev–Trinajstić information content (AvgIpc) is 3.74. The number of likely N-dealkylation sites (tertiary alicyclic amines) is 1. The summed E-state index contributed by atoms with van der Waals surface area (Å²) >= 11 is 0. The van der Waals surface area contributed by atoms with Crippen LogP contribution in [0.3, 0.4) is 0 Å². The Morgan fingerprint density at radius 3 is 2.55 bits per heavy atom. The van der Waals surface area contributed by atoms with Gasteiger partial charge in [-0.3, -0.25) is 19.2 Å². The molecule has 3 amide bonds. The van der Waals surface area contributed by atoms with E-state index in [4.69, 9.17) is 9.47 Å². The summed E-state index contributed by atoms with van der Waals surface area (Å²) in [6, 6.07) is 7.95. The summed E-state index contributed by atoms with van der Waals surface area (Å²) < 4.78 is 12.2. The maximum Gasteiger partial charge on any atom is 0.306 e. The second-order valence-corrected chi connectivity index (χ2v) is 13.4. The fourth-order valence-electron chi connectivity index (χ4n) is 8.29. The number of aliphatic hydroxyl groups excluding tert-OH is 1. The van der Waals surface area contributed by atoms with Crippen molar-refractivity contribution in [2.45, 2.75) is 107 Å². The number of fused-ring (bicyclic) bond motifs is 1. The van der Waals surface area contributed by atoms with E-state index in [2.05, 4.69) is 18.5 Å². The van der Waals surface area contributed by atoms with Crippen molar-refractivity contribution in [3.63, 3.8) is 0 Å². The van der Waals surface area contributed by atoms with Crippen LogP contribution < -0.4 is 5.32 Å². The van der Waals surface area contributed by atoms with Crippen LogP contribution in [0.1, 0.15) is 88.7 Å². The number of allylic oxidation sites excluding steroid dienone is 1. The highest BCUT2D eigenvalue weighted by atomic mass is 16.5. The van der Waals surface area contributed by atoms with E-state index in [0.29, 0.717) is 45.2 Å². The van der Waals surface area contributed by atoms with Gasteiger partial charge in [-0.05, 0) is 56.9 Å². The van der Waals surface area contributed by atoms with Crippen LogP contribution >= 0.6 is 0 Å². The lowest BCUT2D eigenvalue weighted by Crippen LogP contribution is -2.58. The Morgan fingerprint density at radius 2 is 1.85 bits per heavy atom. The van der Waals surface area contributed by atoms with Gasteiger partial charge in [0.15, 0.2) is 0 Å². The number of ether oxygens (including phenoxy) is 2. The minimum Gasteiger partial charge on any atom is -0.463 e. The summed E-state index contributed by atoms with van der Waals surface area (Å²) in [7, 11) is 0. The van der Waals surface area contributed by atoms with Gasteiger partial charge in [0, 0.05) is 32.2 Å². The zero-order chi connectivity index (χ0) is 33.4. The number of amides is 3. The highest BCUT2D eigenvalue weighted by molar-refractivity contribution is 5.99. The molecular formula is C37H51N3O7. The zero-order valence-electron chi connectivity index (χ0n) is 27.5. The van der Waals surface area contributed by atoms with Gasteiger partial charge < -0.3 is 29.7 Å². The highest BCUT2D eigenvalue weighted by Gasteiger charge is 2.74. The molecule has 3 saturated heterocycles. The molecule has 4 fully saturated rings. The van der Waals surface area contributed by atoms with E-state index < -0.39 is 35.6 Å². The summed E-state index contributed by atoms with van der Waals surface area (Å²) in [6.07, 6.45) is 11.8. The smallest absolute Gasteiger partial charge is 0.306 e. The first-order valence-corrected chi connectivity index (χ1v) is 17.5. The SMILES string of the molecule is C=CCCC(=O)OC[C@@H](NC(=O)[C@@H]1[C@@H]2CC[C@]3(O2)[C@H](C(=O)N(CC=C)C2CCCCC2)N(CCCCCO)C(=O)[C@@H]13)c1ccccc1. The third-order valence-corrected chi connectivity index (χ3v) is 10.5. The molecule has 1 spiro atoms. The first-order chi connectivity index (χ1) is 22.9. The van der Waals surface area contributed by atoms with Crippen molar-refractivity contribution in [2.75, 3.05) is 26.3 Å². The Balaban J connectivity index is 1.41. The molecule has 1 aromatic carbocycles. The third-order valence-electron chi connectivity index (χ3n) is 10.5. The Kier molecular flexibility index (Phi) is 11.9. The number of unbranched alkanes of at least 4 members (excludes halogenated alkanes) is 2. The van der Waals surface area contributed by atoms with Crippen LogP contribution in [0.2, 0.25) is 0 Å². The van der Waals surface area contributed by atoms with Gasteiger partial charge >= 0.3 is 5.97 Å². The van der Waals surface area contributed by atoms with Crippen molar-refractivity contribution >= 4 is 23.7 Å². The molecule has 10 heteroatoms. The highest BCUT2D eigenvalue weighted by Crippen LogP contribution is 2.58. The second-order valence-electron chi connectivity index (χ2n) is 13.4.